The van der Waals surface area contributed by atoms with Gasteiger partial charge in [-0.15, -0.1) is 0 Å². The monoisotopic (exact) mass is 390 g/mol. The van der Waals surface area contributed by atoms with Crippen molar-refractivity contribution in [3.63, 3.8) is 0 Å². The quantitative estimate of drug-likeness (QED) is 0.600. The Hall–Kier alpha value is -2.19. The lowest BCUT2D eigenvalue weighted by Gasteiger charge is -2.07. The summed E-state index contributed by atoms with van der Waals surface area (Å²) < 4.78 is 53.6. The van der Waals surface area contributed by atoms with Crippen molar-refractivity contribution < 1.29 is 17.6 Å². The predicted molar refractivity (Wildman–Crippen MR) is 83.8 cm³/mol. The van der Waals surface area contributed by atoms with Crippen molar-refractivity contribution in [1.82, 2.24) is 19.5 Å². The first-order valence-corrected chi connectivity index (χ1v) is 7.56. The Balaban J connectivity index is 2.07. The fraction of sp³-hybridized carbons (Fsp3) is 0.133. The lowest BCUT2D eigenvalue weighted by molar-refractivity contribution is -0.140. The van der Waals surface area contributed by atoms with Crippen molar-refractivity contribution in [3.05, 3.63) is 64.2 Å². The molecule has 130 valence electrons. The van der Waals surface area contributed by atoms with Crippen molar-refractivity contribution in [1.29, 1.82) is 0 Å². The predicted octanol–water partition coefficient (Wildman–Crippen LogP) is 4.85. The molecule has 0 aliphatic heterocycles. The molecule has 10 heteroatoms. The van der Waals surface area contributed by atoms with E-state index < -0.39 is 17.7 Å². The molecule has 0 N–H and O–H groups in total. The fourth-order valence-corrected chi connectivity index (χ4v) is 2.39. The van der Waals surface area contributed by atoms with Gasteiger partial charge in [-0.1, -0.05) is 23.2 Å². The number of hydrogen-bond acceptors (Lipinski definition) is 3. The van der Waals surface area contributed by atoms with Crippen LogP contribution in [0.5, 0.6) is 0 Å². The highest BCUT2D eigenvalue weighted by atomic mass is 35.5. The molecule has 4 nitrogen and oxygen atoms in total. The summed E-state index contributed by atoms with van der Waals surface area (Å²) in [5, 5.41) is 0.0826. The van der Waals surface area contributed by atoms with E-state index in [1.807, 2.05) is 0 Å². The number of rotatable bonds is 3. The average Bonchev–Trinajstić information content (AvgIpc) is 2.96. The van der Waals surface area contributed by atoms with E-state index in [2.05, 4.69) is 15.0 Å². The summed E-state index contributed by atoms with van der Waals surface area (Å²) >= 11 is 11.4. The summed E-state index contributed by atoms with van der Waals surface area (Å²) in [6, 6.07) is 3.56. The van der Waals surface area contributed by atoms with Crippen molar-refractivity contribution in [2.75, 3.05) is 0 Å². The van der Waals surface area contributed by atoms with Crippen LogP contribution in [0, 0.1) is 5.82 Å². The Morgan fingerprint density at radius 1 is 1.08 bits per heavy atom. The van der Waals surface area contributed by atoms with Gasteiger partial charge in [-0.05, 0) is 18.2 Å². The van der Waals surface area contributed by atoms with Gasteiger partial charge in [0.15, 0.2) is 5.69 Å². The van der Waals surface area contributed by atoms with E-state index in [9.17, 15) is 17.6 Å². The molecule has 25 heavy (non-hydrogen) atoms. The van der Waals surface area contributed by atoms with Crippen LogP contribution in [0.2, 0.25) is 10.0 Å². The maximum atomic E-state index is 13.3. The van der Waals surface area contributed by atoms with Crippen LogP contribution in [-0.4, -0.2) is 19.5 Å². The van der Waals surface area contributed by atoms with E-state index in [0.29, 0.717) is 5.02 Å². The average molecular weight is 391 g/mol. The minimum atomic E-state index is -4.63. The molecule has 0 bridgehead atoms. The van der Waals surface area contributed by atoms with E-state index in [0.717, 1.165) is 12.3 Å². The molecular formula is C15H8Cl2F4N4. The fourth-order valence-electron chi connectivity index (χ4n) is 2.11. The third-order valence-corrected chi connectivity index (χ3v) is 3.72. The van der Waals surface area contributed by atoms with Gasteiger partial charge in [0.1, 0.15) is 17.5 Å². The van der Waals surface area contributed by atoms with Gasteiger partial charge in [0.05, 0.1) is 16.6 Å². The third kappa shape index (κ3) is 3.91. The summed E-state index contributed by atoms with van der Waals surface area (Å²) in [4.78, 5) is 11.5. The van der Waals surface area contributed by atoms with Crippen LogP contribution >= 0.6 is 23.2 Å². The molecule has 0 atom stereocenters. The van der Waals surface area contributed by atoms with Crippen molar-refractivity contribution in [2.24, 2.45) is 0 Å². The molecule has 0 saturated heterocycles. The standard InChI is InChI=1S/C15H8Cl2F4N4/c16-9-4-22-13(23-5-9)7-25-6-12(15(19,20)21)24-14(25)8-1-2-11(18)10(17)3-8/h1-6H,7H2. The minimum Gasteiger partial charge on any atom is -0.323 e. The molecule has 2 heterocycles. The highest BCUT2D eigenvalue weighted by Gasteiger charge is 2.35. The molecular weight excluding hydrogens is 383 g/mol. The highest BCUT2D eigenvalue weighted by molar-refractivity contribution is 6.31. The molecule has 0 radical (unpaired) electrons. The zero-order valence-electron chi connectivity index (χ0n) is 12.2. The van der Waals surface area contributed by atoms with Crippen LogP contribution in [0.25, 0.3) is 11.4 Å². The van der Waals surface area contributed by atoms with E-state index >= 15 is 0 Å². The molecule has 0 amide bonds. The van der Waals surface area contributed by atoms with Gasteiger partial charge >= 0.3 is 6.18 Å². The van der Waals surface area contributed by atoms with Crippen LogP contribution in [0.4, 0.5) is 17.6 Å². The van der Waals surface area contributed by atoms with Crippen LogP contribution in [-0.2, 0) is 12.7 Å². The summed E-state index contributed by atoms with van der Waals surface area (Å²) in [5.74, 6) is -0.474. The van der Waals surface area contributed by atoms with Gasteiger partial charge in [0.25, 0.3) is 0 Å². The number of imidazole rings is 1. The van der Waals surface area contributed by atoms with Crippen molar-refractivity contribution >= 4 is 23.2 Å². The molecule has 0 spiro atoms. The molecule has 3 aromatic rings. The maximum absolute atomic E-state index is 13.3. The zero-order valence-corrected chi connectivity index (χ0v) is 13.7. The molecule has 0 aliphatic carbocycles. The van der Waals surface area contributed by atoms with Crippen LogP contribution in [0.3, 0.4) is 0 Å². The van der Waals surface area contributed by atoms with Crippen molar-refractivity contribution in [2.45, 2.75) is 12.7 Å². The molecule has 1 aromatic carbocycles. The summed E-state index contributed by atoms with van der Waals surface area (Å²) in [7, 11) is 0. The first-order chi connectivity index (χ1) is 11.7. The van der Waals surface area contributed by atoms with E-state index in [4.69, 9.17) is 23.2 Å². The first kappa shape index (κ1) is 17.6. The number of alkyl halides is 3. The van der Waals surface area contributed by atoms with Crippen molar-refractivity contribution in [3.8, 4) is 11.4 Å². The lowest BCUT2D eigenvalue weighted by atomic mass is 10.2. The zero-order chi connectivity index (χ0) is 18.2. The second-order valence-corrected chi connectivity index (χ2v) is 5.87. The molecule has 0 unspecified atom stereocenters. The molecule has 0 fully saturated rings. The smallest absolute Gasteiger partial charge is 0.323 e. The topological polar surface area (TPSA) is 43.6 Å². The Labute approximate surface area is 149 Å². The summed E-state index contributed by atoms with van der Waals surface area (Å²) in [6.07, 6.45) is -1.13. The van der Waals surface area contributed by atoms with Gasteiger partial charge in [-0.2, -0.15) is 13.2 Å². The minimum absolute atomic E-state index is 0.0345. The number of nitrogens with zero attached hydrogens (tertiary/aromatic N) is 4. The molecule has 0 saturated carbocycles. The third-order valence-electron chi connectivity index (χ3n) is 3.23. The molecule has 3 rings (SSSR count). The van der Waals surface area contributed by atoms with Gasteiger partial charge in [0.2, 0.25) is 0 Å². The van der Waals surface area contributed by atoms with E-state index in [1.54, 1.807) is 0 Å². The summed E-state index contributed by atoms with van der Waals surface area (Å²) in [6.45, 7) is -0.0788. The Bertz CT molecular complexity index is 907. The number of benzene rings is 1. The number of halogens is 6. The molecule has 0 aliphatic rings. The Morgan fingerprint density at radius 3 is 2.36 bits per heavy atom. The first-order valence-electron chi connectivity index (χ1n) is 6.80. The SMILES string of the molecule is Fc1ccc(-c2nc(C(F)(F)F)cn2Cc2ncc(Cl)cn2)cc1Cl. The van der Waals surface area contributed by atoms with Gasteiger partial charge in [0, 0.05) is 24.2 Å². The van der Waals surface area contributed by atoms with Crippen LogP contribution < -0.4 is 0 Å². The van der Waals surface area contributed by atoms with Gasteiger partial charge in [-0.3, -0.25) is 0 Å². The maximum Gasteiger partial charge on any atom is 0.434 e. The largest absolute Gasteiger partial charge is 0.434 e. The second-order valence-electron chi connectivity index (χ2n) is 5.02. The Kier molecular flexibility index (Phi) is 4.66. The Morgan fingerprint density at radius 2 is 1.76 bits per heavy atom. The highest BCUT2D eigenvalue weighted by Crippen LogP contribution is 2.32. The lowest BCUT2D eigenvalue weighted by Crippen LogP contribution is -2.06. The summed E-state index contributed by atoms with van der Waals surface area (Å²) in [5.41, 5.74) is -0.854. The van der Waals surface area contributed by atoms with Gasteiger partial charge in [-0.25, -0.2) is 19.3 Å². The normalized spacial score (nSPS) is 11.8. The van der Waals surface area contributed by atoms with E-state index in [1.165, 1.54) is 29.1 Å². The van der Waals surface area contributed by atoms with E-state index in [-0.39, 0.29) is 28.8 Å². The number of hydrogen-bond donors (Lipinski definition) is 0. The van der Waals surface area contributed by atoms with Crippen LogP contribution in [0.15, 0.2) is 36.8 Å². The van der Waals surface area contributed by atoms with Gasteiger partial charge < -0.3 is 4.57 Å². The molecule has 2 aromatic heterocycles. The van der Waals surface area contributed by atoms with Crippen LogP contribution in [0.1, 0.15) is 11.5 Å². The number of aromatic nitrogens is 4. The second kappa shape index (κ2) is 6.61.